The summed E-state index contributed by atoms with van der Waals surface area (Å²) in [5.41, 5.74) is 1.79. The van der Waals surface area contributed by atoms with E-state index in [4.69, 9.17) is 0 Å². The maximum atomic E-state index is 12.5. The lowest BCUT2D eigenvalue weighted by Gasteiger charge is -2.32. The average molecular weight is 434 g/mol. The molecule has 9 nitrogen and oxygen atoms in total. The Morgan fingerprint density at radius 1 is 1.16 bits per heavy atom. The summed E-state index contributed by atoms with van der Waals surface area (Å²) in [5, 5.41) is 12.6. The number of hydrogen-bond donors (Lipinski definition) is 3. The molecule has 1 aliphatic heterocycles. The van der Waals surface area contributed by atoms with E-state index in [1.54, 1.807) is 0 Å². The third-order valence-corrected chi connectivity index (χ3v) is 5.60. The average Bonchev–Trinajstić information content (AvgIpc) is 3.28. The van der Waals surface area contributed by atoms with Gasteiger partial charge >= 0.3 is 12.1 Å². The summed E-state index contributed by atoms with van der Waals surface area (Å²) in [5.74, 6) is 0.344. The third kappa shape index (κ3) is 4.14. The zero-order valence-corrected chi connectivity index (χ0v) is 16.5. The summed E-state index contributed by atoms with van der Waals surface area (Å²) in [4.78, 5) is 22.3. The zero-order chi connectivity index (χ0) is 21.6. The Labute approximate surface area is 175 Å². The van der Waals surface area contributed by atoms with Crippen LogP contribution >= 0.6 is 0 Å². The molecular weight excluding hydrogens is 413 g/mol. The maximum absolute atomic E-state index is 12.5. The van der Waals surface area contributed by atoms with E-state index in [9.17, 15) is 18.0 Å². The molecule has 4 heterocycles. The molecule has 1 saturated carbocycles. The molecule has 1 saturated heterocycles. The predicted octanol–water partition coefficient (Wildman–Crippen LogP) is 2.72. The normalized spacial score (nSPS) is 17.8. The molecule has 3 aromatic rings. The molecule has 3 N–H and O–H groups in total. The van der Waals surface area contributed by atoms with E-state index >= 15 is 0 Å². The number of nitrogens with zero attached hydrogens (tertiary/aromatic N) is 5. The number of H-pyrrole nitrogens is 1. The molecule has 2 fully saturated rings. The Hall–Kier alpha value is -3.31. The number of amides is 1. The SMILES string of the molecule is O=C(NC1CCN(c2nc(Nc3cc(C4CC4)[nH]n3)n3cccc3n2)CC1)C(F)(F)F. The number of hydrogen-bond acceptors (Lipinski definition) is 6. The molecule has 0 unspecified atom stereocenters. The van der Waals surface area contributed by atoms with Gasteiger partial charge < -0.3 is 15.5 Å². The van der Waals surface area contributed by atoms with Crippen molar-refractivity contribution in [1.29, 1.82) is 0 Å². The number of aromatic nitrogens is 5. The van der Waals surface area contributed by atoms with Gasteiger partial charge in [-0.2, -0.15) is 28.2 Å². The molecular formula is C19H21F3N8O. The molecule has 1 amide bonds. The third-order valence-electron chi connectivity index (χ3n) is 5.60. The minimum absolute atomic E-state index is 0.379. The number of anilines is 3. The first-order valence-corrected chi connectivity index (χ1v) is 10.2. The molecule has 1 aliphatic carbocycles. The Bertz CT molecular complexity index is 1100. The Morgan fingerprint density at radius 2 is 1.94 bits per heavy atom. The molecule has 164 valence electrons. The van der Waals surface area contributed by atoms with Gasteiger partial charge in [-0.05, 0) is 37.8 Å². The van der Waals surface area contributed by atoms with Gasteiger partial charge in [0.15, 0.2) is 5.82 Å². The minimum Gasteiger partial charge on any atom is -0.345 e. The van der Waals surface area contributed by atoms with Crippen LogP contribution in [0, 0.1) is 0 Å². The smallest absolute Gasteiger partial charge is 0.345 e. The fraction of sp³-hybridized carbons (Fsp3) is 0.474. The number of aromatic amines is 1. The number of carbonyl (C=O) groups is 1. The molecule has 12 heteroatoms. The molecule has 0 atom stereocenters. The van der Waals surface area contributed by atoms with E-state index in [2.05, 4.69) is 30.8 Å². The van der Waals surface area contributed by atoms with E-state index < -0.39 is 18.1 Å². The summed E-state index contributed by atoms with van der Waals surface area (Å²) in [7, 11) is 0. The summed E-state index contributed by atoms with van der Waals surface area (Å²) < 4.78 is 39.2. The second-order valence-electron chi connectivity index (χ2n) is 7.92. The van der Waals surface area contributed by atoms with Crippen molar-refractivity contribution in [2.45, 2.75) is 43.8 Å². The first-order chi connectivity index (χ1) is 14.9. The number of carbonyl (C=O) groups excluding carboxylic acids is 1. The lowest BCUT2D eigenvalue weighted by molar-refractivity contribution is -0.174. The highest BCUT2D eigenvalue weighted by molar-refractivity contribution is 5.82. The highest BCUT2D eigenvalue weighted by atomic mass is 19.4. The molecule has 0 aromatic carbocycles. The van der Waals surface area contributed by atoms with Crippen LogP contribution in [0.1, 0.15) is 37.3 Å². The van der Waals surface area contributed by atoms with E-state index in [1.807, 2.05) is 33.7 Å². The molecule has 0 bridgehead atoms. The second kappa shape index (κ2) is 7.43. The summed E-state index contributed by atoms with van der Waals surface area (Å²) in [6, 6.07) is 5.17. The number of nitrogens with one attached hydrogen (secondary N) is 3. The molecule has 0 spiro atoms. The van der Waals surface area contributed by atoms with Gasteiger partial charge in [-0.3, -0.25) is 14.3 Å². The van der Waals surface area contributed by atoms with Gasteiger partial charge in [-0.1, -0.05) is 0 Å². The van der Waals surface area contributed by atoms with Crippen LogP contribution in [0.25, 0.3) is 5.65 Å². The first-order valence-electron chi connectivity index (χ1n) is 10.2. The molecule has 2 aliphatic rings. The number of halogens is 3. The van der Waals surface area contributed by atoms with Crippen LogP contribution < -0.4 is 15.5 Å². The van der Waals surface area contributed by atoms with Gasteiger partial charge in [-0.15, -0.1) is 0 Å². The number of alkyl halides is 3. The van der Waals surface area contributed by atoms with Crippen molar-refractivity contribution < 1.29 is 18.0 Å². The van der Waals surface area contributed by atoms with Crippen LogP contribution in [0.2, 0.25) is 0 Å². The second-order valence-corrected chi connectivity index (χ2v) is 7.92. The monoisotopic (exact) mass is 434 g/mol. The fourth-order valence-electron chi connectivity index (χ4n) is 3.76. The van der Waals surface area contributed by atoms with Crippen molar-refractivity contribution in [2.75, 3.05) is 23.3 Å². The Morgan fingerprint density at radius 3 is 2.65 bits per heavy atom. The van der Waals surface area contributed by atoms with Crippen molar-refractivity contribution in [3.05, 3.63) is 30.1 Å². The lowest BCUT2D eigenvalue weighted by Crippen LogP contribution is -2.48. The minimum atomic E-state index is -4.87. The molecule has 3 aromatic heterocycles. The van der Waals surface area contributed by atoms with Crippen LogP contribution in [-0.4, -0.2) is 55.8 Å². The molecule has 5 rings (SSSR count). The van der Waals surface area contributed by atoms with Crippen molar-refractivity contribution in [3.8, 4) is 0 Å². The van der Waals surface area contributed by atoms with Crippen LogP contribution in [0.5, 0.6) is 0 Å². The first kappa shape index (κ1) is 19.6. The van der Waals surface area contributed by atoms with Crippen molar-refractivity contribution in [2.24, 2.45) is 0 Å². The van der Waals surface area contributed by atoms with Gasteiger partial charge in [0.05, 0.1) is 0 Å². The summed E-state index contributed by atoms with van der Waals surface area (Å²) in [6.07, 6.45) is 0.0663. The quantitative estimate of drug-likeness (QED) is 0.571. The lowest BCUT2D eigenvalue weighted by atomic mass is 10.1. The number of rotatable bonds is 5. The van der Waals surface area contributed by atoms with E-state index in [0.29, 0.717) is 55.2 Å². The highest BCUT2D eigenvalue weighted by Crippen LogP contribution is 2.39. The predicted molar refractivity (Wildman–Crippen MR) is 106 cm³/mol. The van der Waals surface area contributed by atoms with Gasteiger partial charge in [0.1, 0.15) is 5.65 Å². The van der Waals surface area contributed by atoms with Gasteiger partial charge in [-0.25, -0.2) is 0 Å². The van der Waals surface area contributed by atoms with Crippen LogP contribution in [0.4, 0.5) is 30.9 Å². The summed E-state index contributed by atoms with van der Waals surface area (Å²) in [6.45, 7) is 0.876. The van der Waals surface area contributed by atoms with E-state index in [1.165, 1.54) is 12.8 Å². The molecule has 31 heavy (non-hydrogen) atoms. The van der Waals surface area contributed by atoms with E-state index in [-0.39, 0.29) is 0 Å². The van der Waals surface area contributed by atoms with Crippen LogP contribution in [0.3, 0.4) is 0 Å². The zero-order valence-electron chi connectivity index (χ0n) is 16.5. The van der Waals surface area contributed by atoms with Crippen LogP contribution in [0.15, 0.2) is 24.4 Å². The van der Waals surface area contributed by atoms with Gasteiger partial charge in [0.2, 0.25) is 11.9 Å². The van der Waals surface area contributed by atoms with Gasteiger partial charge in [0.25, 0.3) is 0 Å². The van der Waals surface area contributed by atoms with Crippen LogP contribution in [-0.2, 0) is 4.79 Å². The largest absolute Gasteiger partial charge is 0.471 e. The number of fused-ring (bicyclic) bond motifs is 1. The Kier molecular flexibility index (Phi) is 4.71. The maximum Gasteiger partial charge on any atom is 0.471 e. The standard InChI is InChI=1S/C19H21F3N8O/c20-19(21,22)16(31)23-12-5-8-29(9-6-12)17-25-15-2-1-7-30(15)18(26-17)24-14-10-13(27-28-14)11-3-4-11/h1-2,7,10-12H,3-6,8-9H2,(H,23,31)(H2,24,25,26,27,28). The fourth-order valence-corrected chi connectivity index (χ4v) is 3.76. The summed E-state index contributed by atoms with van der Waals surface area (Å²) >= 11 is 0. The van der Waals surface area contributed by atoms with Crippen molar-refractivity contribution in [1.82, 2.24) is 29.9 Å². The Balaban J connectivity index is 1.31. The van der Waals surface area contributed by atoms with Crippen molar-refractivity contribution in [3.63, 3.8) is 0 Å². The topological polar surface area (TPSA) is 103 Å². The number of piperidine rings is 1. The molecule has 0 radical (unpaired) electrons. The van der Waals surface area contributed by atoms with E-state index in [0.717, 1.165) is 5.69 Å². The van der Waals surface area contributed by atoms with Gasteiger partial charge in [0, 0.05) is 43.0 Å². The highest BCUT2D eigenvalue weighted by Gasteiger charge is 2.40. The van der Waals surface area contributed by atoms with Crippen molar-refractivity contribution >= 4 is 29.3 Å².